The van der Waals surface area contributed by atoms with E-state index in [4.69, 9.17) is 5.73 Å². The molecule has 4 heteroatoms. The lowest BCUT2D eigenvalue weighted by Crippen LogP contribution is -1.99. The lowest BCUT2D eigenvalue weighted by Gasteiger charge is -2.01. The average molecular weight is 163 g/mol. The molecule has 3 N–H and O–H groups in total. The molecule has 0 aliphatic heterocycles. The molecule has 0 saturated carbocycles. The Morgan fingerprint density at radius 1 is 1.75 bits per heavy atom. The molecular formula is C8H9N3O. The molecule has 0 aromatic carbocycles. The zero-order chi connectivity index (χ0) is 8.97. The Morgan fingerprint density at radius 3 is 3.08 bits per heavy atom. The minimum absolute atomic E-state index is 0.379. The topological polar surface area (TPSA) is 68.0 Å². The van der Waals surface area contributed by atoms with Crippen LogP contribution in [0.25, 0.3) is 5.70 Å². The minimum atomic E-state index is 0.379. The standard InChI is InChI=1S/C8H9N3O/c1-6(9)8-4-7(11-5-12)2-3-10-8/h2-5H,1,9H2,(H,10,11,12). The molecule has 0 bridgehead atoms. The Morgan fingerprint density at radius 2 is 2.50 bits per heavy atom. The van der Waals surface area contributed by atoms with Crippen molar-refractivity contribution in [2.45, 2.75) is 0 Å². The molecule has 1 aromatic heterocycles. The van der Waals surface area contributed by atoms with Crippen molar-refractivity contribution in [1.82, 2.24) is 4.98 Å². The molecule has 0 unspecified atom stereocenters. The van der Waals surface area contributed by atoms with E-state index in [9.17, 15) is 4.79 Å². The SMILES string of the molecule is C=C(N)c1cc(NC=O)ccn1. The molecule has 1 heterocycles. The Bertz CT molecular complexity index is 309. The van der Waals surface area contributed by atoms with E-state index in [-0.39, 0.29) is 0 Å². The van der Waals surface area contributed by atoms with Gasteiger partial charge in [-0.2, -0.15) is 0 Å². The molecule has 0 radical (unpaired) electrons. The van der Waals surface area contributed by atoms with Crippen molar-refractivity contribution in [3.05, 3.63) is 30.6 Å². The smallest absolute Gasteiger partial charge is 0.211 e. The van der Waals surface area contributed by atoms with Gasteiger partial charge >= 0.3 is 0 Å². The monoisotopic (exact) mass is 163 g/mol. The van der Waals surface area contributed by atoms with E-state index in [0.717, 1.165) is 0 Å². The second-order valence-corrected chi connectivity index (χ2v) is 2.22. The number of amides is 1. The minimum Gasteiger partial charge on any atom is -0.397 e. The van der Waals surface area contributed by atoms with E-state index in [2.05, 4.69) is 16.9 Å². The molecule has 1 aromatic rings. The van der Waals surface area contributed by atoms with Crippen LogP contribution in [0.2, 0.25) is 0 Å². The number of anilines is 1. The van der Waals surface area contributed by atoms with Gasteiger partial charge in [0.25, 0.3) is 0 Å². The van der Waals surface area contributed by atoms with E-state index < -0.39 is 0 Å². The fourth-order valence-corrected chi connectivity index (χ4v) is 0.764. The summed E-state index contributed by atoms with van der Waals surface area (Å²) in [4.78, 5) is 14.0. The number of carbonyl (C=O) groups excluding carboxylic acids is 1. The van der Waals surface area contributed by atoms with Gasteiger partial charge in [0.15, 0.2) is 0 Å². The van der Waals surface area contributed by atoms with Gasteiger partial charge in [-0.25, -0.2) is 0 Å². The van der Waals surface area contributed by atoms with E-state index in [0.29, 0.717) is 23.5 Å². The number of pyridine rings is 1. The summed E-state index contributed by atoms with van der Waals surface area (Å²) in [6, 6.07) is 3.32. The highest BCUT2D eigenvalue weighted by molar-refractivity contribution is 5.73. The molecule has 0 saturated heterocycles. The van der Waals surface area contributed by atoms with Crippen LogP contribution in [0.15, 0.2) is 24.9 Å². The number of nitrogens with two attached hydrogens (primary N) is 1. The van der Waals surface area contributed by atoms with Crippen LogP contribution in [0.3, 0.4) is 0 Å². The summed E-state index contributed by atoms with van der Waals surface area (Å²) >= 11 is 0. The summed E-state index contributed by atoms with van der Waals surface area (Å²) in [5.41, 5.74) is 7.01. The number of nitrogens with one attached hydrogen (secondary N) is 1. The molecule has 1 rings (SSSR count). The Balaban J connectivity index is 2.95. The van der Waals surface area contributed by atoms with Crippen LogP contribution in [0.5, 0.6) is 0 Å². The normalized spacial score (nSPS) is 9.00. The number of hydrogen-bond acceptors (Lipinski definition) is 3. The zero-order valence-electron chi connectivity index (χ0n) is 6.45. The Labute approximate surface area is 70.1 Å². The Kier molecular flexibility index (Phi) is 2.42. The van der Waals surface area contributed by atoms with Crippen molar-refractivity contribution in [3.63, 3.8) is 0 Å². The molecule has 0 spiro atoms. The first kappa shape index (κ1) is 8.26. The number of rotatable bonds is 3. The lowest BCUT2D eigenvalue weighted by molar-refractivity contribution is -0.105. The van der Waals surface area contributed by atoms with Gasteiger partial charge in [-0.1, -0.05) is 6.58 Å². The van der Waals surface area contributed by atoms with Crippen LogP contribution < -0.4 is 11.1 Å². The predicted octanol–water partition coefficient (Wildman–Crippen LogP) is 0.579. The molecule has 12 heavy (non-hydrogen) atoms. The van der Waals surface area contributed by atoms with Gasteiger partial charge in [-0.3, -0.25) is 9.78 Å². The van der Waals surface area contributed by atoms with Crippen molar-refractivity contribution < 1.29 is 4.79 Å². The second kappa shape index (κ2) is 3.52. The van der Waals surface area contributed by atoms with Crippen LogP contribution in [-0.4, -0.2) is 11.4 Å². The van der Waals surface area contributed by atoms with Crippen LogP contribution >= 0.6 is 0 Å². The third-order valence-electron chi connectivity index (χ3n) is 1.31. The van der Waals surface area contributed by atoms with E-state index in [1.54, 1.807) is 18.3 Å². The van der Waals surface area contributed by atoms with E-state index in [1.165, 1.54) is 0 Å². The van der Waals surface area contributed by atoms with E-state index >= 15 is 0 Å². The second-order valence-electron chi connectivity index (χ2n) is 2.22. The first-order chi connectivity index (χ1) is 5.74. The highest BCUT2D eigenvalue weighted by atomic mass is 16.1. The molecular weight excluding hydrogens is 154 g/mol. The fraction of sp³-hybridized carbons (Fsp3) is 0. The third-order valence-corrected chi connectivity index (χ3v) is 1.31. The van der Waals surface area contributed by atoms with Gasteiger partial charge in [0.2, 0.25) is 6.41 Å². The van der Waals surface area contributed by atoms with Crippen LogP contribution in [0.1, 0.15) is 5.69 Å². The average Bonchev–Trinajstić information content (AvgIpc) is 2.05. The first-order valence-corrected chi connectivity index (χ1v) is 3.35. The highest BCUT2D eigenvalue weighted by Crippen LogP contribution is 2.09. The molecule has 62 valence electrons. The quantitative estimate of drug-likeness (QED) is 0.640. The van der Waals surface area contributed by atoms with Crippen LogP contribution in [0.4, 0.5) is 5.69 Å². The molecule has 0 aliphatic carbocycles. The van der Waals surface area contributed by atoms with Crippen LogP contribution in [-0.2, 0) is 4.79 Å². The summed E-state index contributed by atoms with van der Waals surface area (Å²) in [7, 11) is 0. The summed E-state index contributed by atoms with van der Waals surface area (Å²) in [5.74, 6) is 0. The maximum Gasteiger partial charge on any atom is 0.211 e. The first-order valence-electron chi connectivity index (χ1n) is 3.35. The van der Waals surface area contributed by atoms with Gasteiger partial charge in [0.05, 0.1) is 11.4 Å². The van der Waals surface area contributed by atoms with Gasteiger partial charge < -0.3 is 11.1 Å². The molecule has 1 amide bonds. The third kappa shape index (κ3) is 1.82. The predicted molar refractivity (Wildman–Crippen MR) is 47.1 cm³/mol. The summed E-state index contributed by atoms with van der Waals surface area (Å²) < 4.78 is 0. The molecule has 0 fully saturated rings. The van der Waals surface area contributed by atoms with Crippen molar-refractivity contribution in [1.29, 1.82) is 0 Å². The van der Waals surface area contributed by atoms with Crippen molar-refractivity contribution >= 4 is 17.8 Å². The lowest BCUT2D eigenvalue weighted by atomic mass is 10.3. The number of aromatic nitrogens is 1. The summed E-state index contributed by atoms with van der Waals surface area (Å²) in [6.07, 6.45) is 2.15. The number of nitrogens with zero attached hydrogens (tertiary/aromatic N) is 1. The molecule has 0 aliphatic rings. The highest BCUT2D eigenvalue weighted by Gasteiger charge is 1.96. The number of hydrogen-bond donors (Lipinski definition) is 2. The van der Waals surface area contributed by atoms with Crippen molar-refractivity contribution in [2.75, 3.05) is 5.32 Å². The molecule has 4 nitrogen and oxygen atoms in total. The Hall–Kier alpha value is -1.84. The van der Waals surface area contributed by atoms with Gasteiger partial charge in [0, 0.05) is 11.9 Å². The van der Waals surface area contributed by atoms with Gasteiger partial charge in [-0.05, 0) is 12.1 Å². The van der Waals surface area contributed by atoms with Gasteiger partial charge in [0.1, 0.15) is 0 Å². The van der Waals surface area contributed by atoms with Gasteiger partial charge in [-0.15, -0.1) is 0 Å². The summed E-state index contributed by atoms with van der Waals surface area (Å²) in [6.45, 7) is 3.53. The van der Waals surface area contributed by atoms with Crippen LogP contribution in [0, 0.1) is 0 Å². The maximum atomic E-state index is 10.1. The van der Waals surface area contributed by atoms with Crippen molar-refractivity contribution in [3.8, 4) is 0 Å². The number of carbonyl (C=O) groups is 1. The maximum absolute atomic E-state index is 10.1. The van der Waals surface area contributed by atoms with Crippen molar-refractivity contribution in [2.24, 2.45) is 5.73 Å². The zero-order valence-corrected chi connectivity index (χ0v) is 6.45. The largest absolute Gasteiger partial charge is 0.397 e. The molecule has 0 atom stereocenters. The van der Waals surface area contributed by atoms with E-state index in [1.807, 2.05) is 0 Å². The fourth-order valence-electron chi connectivity index (χ4n) is 0.764. The summed E-state index contributed by atoms with van der Waals surface area (Å²) in [5, 5.41) is 2.49.